The zero-order valence-electron chi connectivity index (χ0n) is 15.7. The van der Waals surface area contributed by atoms with Gasteiger partial charge in [-0.2, -0.15) is 0 Å². The molecule has 24 heavy (non-hydrogen) atoms. The highest BCUT2D eigenvalue weighted by Crippen LogP contribution is 2.30. The Hall–Kier alpha value is -1.49. The van der Waals surface area contributed by atoms with E-state index >= 15 is 0 Å². The normalized spacial score (nSPS) is 23.1. The Labute approximate surface area is 145 Å². The summed E-state index contributed by atoms with van der Waals surface area (Å²) in [5.41, 5.74) is -0.368. The van der Waals surface area contributed by atoms with E-state index < -0.39 is 5.60 Å². The summed E-state index contributed by atoms with van der Waals surface area (Å²) in [4.78, 5) is 14.2. The van der Waals surface area contributed by atoms with Crippen LogP contribution in [-0.4, -0.2) is 42.3 Å². The minimum Gasteiger partial charge on any atom is -0.469 e. The molecular weight excluding hydrogens is 304 g/mol. The fraction of sp³-hybridized carbons (Fsp3) is 0.737. The third kappa shape index (κ3) is 5.86. The van der Waals surface area contributed by atoms with Crippen molar-refractivity contribution in [3.63, 3.8) is 0 Å². The predicted octanol–water partition coefficient (Wildman–Crippen LogP) is 3.84. The molecule has 2 atom stereocenters. The number of nitrogens with one attached hydrogen (secondary N) is 1. The molecule has 1 aliphatic rings. The second kappa shape index (κ2) is 7.60. The van der Waals surface area contributed by atoms with Gasteiger partial charge in [0.2, 0.25) is 0 Å². The van der Waals surface area contributed by atoms with Crippen LogP contribution in [0.3, 0.4) is 0 Å². The van der Waals surface area contributed by atoms with Gasteiger partial charge in [0.05, 0.1) is 6.26 Å². The van der Waals surface area contributed by atoms with Gasteiger partial charge in [0, 0.05) is 32.1 Å². The van der Waals surface area contributed by atoms with Crippen molar-refractivity contribution in [2.24, 2.45) is 5.41 Å². The molecule has 1 aromatic rings. The largest absolute Gasteiger partial charge is 0.469 e. The Balaban J connectivity index is 1.83. The summed E-state index contributed by atoms with van der Waals surface area (Å²) < 4.78 is 10.9. The van der Waals surface area contributed by atoms with Gasteiger partial charge in [-0.25, -0.2) is 4.79 Å². The average molecular weight is 336 g/mol. The van der Waals surface area contributed by atoms with Crippen LogP contribution in [-0.2, 0) is 11.2 Å². The topological polar surface area (TPSA) is 54.7 Å². The highest BCUT2D eigenvalue weighted by Gasteiger charge is 2.35. The van der Waals surface area contributed by atoms with Gasteiger partial charge in [-0.15, -0.1) is 0 Å². The van der Waals surface area contributed by atoms with E-state index in [9.17, 15) is 4.79 Å². The molecule has 1 fully saturated rings. The molecule has 0 aliphatic carbocycles. The molecule has 136 valence electrons. The van der Waals surface area contributed by atoms with Gasteiger partial charge in [0.25, 0.3) is 0 Å². The van der Waals surface area contributed by atoms with E-state index in [2.05, 4.69) is 19.2 Å². The molecule has 1 saturated heterocycles. The number of likely N-dealkylation sites (tertiary alicyclic amines) is 1. The SMILES string of the molecule is CC(Cc1ccco1)NCC1(C)CCCN(C(=O)OC(C)(C)C)C1. The summed E-state index contributed by atoms with van der Waals surface area (Å²) in [7, 11) is 0. The first-order valence-electron chi connectivity index (χ1n) is 8.91. The molecular formula is C19H32N2O3. The highest BCUT2D eigenvalue weighted by molar-refractivity contribution is 5.68. The maximum absolute atomic E-state index is 12.3. The van der Waals surface area contributed by atoms with Crippen molar-refractivity contribution in [3.8, 4) is 0 Å². The lowest BCUT2D eigenvalue weighted by Crippen LogP contribution is -2.51. The van der Waals surface area contributed by atoms with E-state index in [1.165, 1.54) is 0 Å². The number of nitrogens with zero attached hydrogens (tertiary/aromatic N) is 1. The van der Waals surface area contributed by atoms with E-state index in [0.29, 0.717) is 6.04 Å². The van der Waals surface area contributed by atoms with Crippen molar-refractivity contribution in [2.75, 3.05) is 19.6 Å². The molecule has 0 saturated carbocycles. The monoisotopic (exact) mass is 336 g/mol. The van der Waals surface area contributed by atoms with Crippen molar-refractivity contribution >= 4 is 6.09 Å². The number of hydrogen-bond donors (Lipinski definition) is 1. The summed E-state index contributed by atoms with van der Waals surface area (Å²) in [5.74, 6) is 0.999. The second-order valence-corrected chi connectivity index (χ2v) is 8.38. The van der Waals surface area contributed by atoms with Crippen molar-refractivity contribution in [1.82, 2.24) is 10.2 Å². The van der Waals surface area contributed by atoms with Crippen LogP contribution in [0.5, 0.6) is 0 Å². The number of carbonyl (C=O) groups excluding carboxylic acids is 1. The summed E-state index contributed by atoms with van der Waals surface area (Å²) in [6.45, 7) is 12.5. The Morgan fingerprint density at radius 2 is 2.25 bits per heavy atom. The maximum atomic E-state index is 12.3. The summed E-state index contributed by atoms with van der Waals surface area (Å²) >= 11 is 0. The molecule has 5 nitrogen and oxygen atoms in total. The fourth-order valence-electron chi connectivity index (χ4n) is 3.17. The fourth-order valence-corrected chi connectivity index (χ4v) is 3.17. The number of piperidine rings is 1. The molecule has 2 unspecified atom stereocenters. The van der Waals surface area contributed by atoms with E-state index in [-0.39, 0.29) is 11.5 Å². The number of carbonyl (C=O) groups is 1. The Morgan fingerprint density at radius 3 is 2.88 bits per heavy atom. The van der Waals surface area contributed by atoms with E-state index in [0.717, 1.165) is 44.7 Å². The molecule has 1 N–H and O–H groups in total. The van der Waals surface area contributed by atoms with Crippen LogP contribution >= 0.6 is 0 Å². The maximum Gasteiger partial charge on any atom is 0.410 e. The third-order valence-corrected chi connectivity index (χ3v) is 4.40. The molecule has 2 heterocycles. The first-order valence-corrected chi connectivity index (χ1v) is 8.91. The minimum atomic E-state index is -0.444. The lowest BCUT2D eigenvalue weighted by atomic mass is 9.81. The first-order chi connectivity index (χ1) is 11.2. The Kier molecular flexibility index (Phi) is 5.97. The standard InChI is InChI=1S/C19H32N2O3/c1-15(12-16-8-6-11-23-16)20-13-19(5)9-7-10-21(14-19)17(22)24-18(2,3)4/h6,8,11,15,20H,7,9-10,12-14H2,1-5H3. The number of furan rings is 1. The van der Waals surface area contributed by atoms with Crippen LogP contribution in [0.25, 0.3) is 0 Å². The van der Waals surface area contributed by atoms with Gasteiger partial charge >= 0.3 is 6.09 Å². The van der Waals surface area contributed by atoms with Gasteiger partial charge < -0.3 is 19.4 Å². The van der Waals surface area contributed by atoms with Crippen LogP contribution in [0.2, 0.25) is 0 Å². The summed E-state index contributed by atoms with van der Waals surface area (Å²) in [6.07, 6.45) is 4.52. The first kappa shape index (κ1) is 18.8. The zero-order valence-corrected chi connectivity index (χ0v) is 15.7. The molecule has 1 aliphatic heterocycles. The van der Waals surface area contributed by atoms with Crippen molar-refractivity contribution in [2.45, 2.75) is 65.5 Å². The van der Waals surface area contributed by atoms with Crippen LogP contribution in [0.1, 0.15) is 53.2 Å². The molecule has 0 aromatic carbocycles. The Bertz CT molecular complexity index is 521. The van der Waals surface area contributed by atoms with Crippen molar-refractivity contribution in [1.29, 1.82) is 0 Å². The van der Waals surface area contributed by atoms with Crippen LogP contribution < -0.4 is 5.32 Å². The van der Waals surface area contributed by atoms with Gasteiger partial charge in [-0.05, 0) is 58.1 Å². The zero-order chi connectivity index (χ0) is 17.8. The van der Waals surface area contributed by atoms with E-state index in [1.807, 2.05) is 37.8 Å². The number of rotatable bonds is 5. The molecule has 2 rings (SSSR count). The number of hydrogen-bond acceptors (Lipinski definition) is 4. The predicted molar refractivity (Wildman–Crippen MR) is 95.0 cm³/mol. The Morgan fingerprint density at radius 1 is 1.50 bits per heavy atom. The average Bonchev–Trinajstić information content (AvgIpc) is 2.96. The summed E-state index contributed by atoms with van der Waals surface area (Å²) in [5, 5.41) is 3.60. The smallest absolute Gasteiger partial charge is 0.410 e. The van der Waals surface area contributed by atoms with Crippen LogP contribution in [0.4, 0.5) is 4.79 Å². The number of amides is 1. The van der Waals surface area contributed by atoms with E-state index in [1.54, 1.807) is 6.26 Å². The molecule has 0 bridgehead atoms. The lowest BCUT2D eigenvalue weighted by Gasteiger charge is -2.41. The van der Waals surface area contributed by atoms with Crippen molar-refractivity contribution in [3.05, 3.63) is 24.2 Å². The third-order valence-electron chi connectivity index (χ3n) is 4.40. The molecule has 0 radical (unpaired) electrons. The molecule has 1 amide bonds. The van der Waals surface area contributed by atoms with Crippen LogP contribution in [0.15, 0.2) is 22.8 Å². The van der Waals surface area contributed by atoms with Crippen LogP contribution in [0, 0.1) is 5.41 Å². The molecule has 5 heteroatoms. The second-order valence-electron chi connectivity index (χ2n) is 8.38. The minimum absolute atomic E-state index is 0.0760. The molecule has 1 aromatic heterocycles. The van der Waals surface area contributed by atoms with Crippen molar-refractivity contribution < 1.29 is 13.9 Å². The quantitative estimate of drug-likeness (QED) is 0.888. The lowest BCUT2D eigenvalue weighted by molar-refractivity contribution is 0.00653. The summed E-state index contributed by atoms with van der Waals surface area (Å²) in [6, 6.07) is 4.26. The van der Waals surface area contributed by atoms with E-state index in [4.69, 9.17) is 9.15 Å². The molecule has 0 spiro atoms. The van der Waals surface area contributed by atoms with Gasteiger partial charge in [0.15, 0.2) is 0 Å². The van der Waals surface area contributed by atoms with Gasteiger partial charge in [-0.3, -0.25) is 0 Å². The van der Waals surface area contributed by atoms with Gasteiger partial charge in [-0.1, -0.05) is 6.92 Å². The number of ether oxygens (including phenoxy) is 1. The van der Waals surface area contributed by atoms with Gasteiger partial charge in [0.1, 0.15) is 11.4 Å². The highest BCUT2D eigenvalue weighted by atomic mass is 16.6.